The molecule has 1 amide bonds. The van der Waals surface area contributed by atoms with Gasteiger partial charge in [0.2, 0.25) is 0 Å². The molecule has 0 saturated carbocycles. The van der Waals surface area contributed by atoms with Crippen molar-refractivity contribution in [3.63, 3.8) is 0 Å². The minimum Gasteiger partial charge on any atom is -0.385 e. The molecule has 26 heavy (non-hydrogen) atoms. The number of aromatic nitrogens is 1. The fourth-order valence-corrected chi connectivity index (χ4v) is 2.46. The van der Waals surface area contributed by atoms with Crippen LogP contribution in [0.5, 0.6) is 0 Å². The van der Waals surface area contributed by atoms with Crippen LogP contribution < -0.4 is 5.32 Å². The maximum Gasteiger partial charge on any atom is 0.276 e. The van der Waals surface area contributed by atoms with Crippen LogP contribution >= 0.6 is 0 Å². The molecule has 7 heteroatoms. The summed E-state index contributed by atoms with van der Waals surface area (Å²) >= 11 is 0. The first-order chi connectivity index (χ1) is 12.5. The van der Waals surface area contributed by atoms with Gasteiger partial charge in [-0.3, -0.25) is 4.79 Å². The first-order valence-electron chi connectivity index (χ1n) is 8.28. The third kappa shape index (κ3) is 4.43. The molecule has 1 aliphatic rings. The van der Waals surface area contributed by atoms with Gasteiger partial charge in [0.05, 0.1) is 24.1 Å². The maximum atomic E-state index is 13.0. The molecule has 1 atom stereocenters. The first kappa shape index (κ1) is 19.5. The van der Waals surface area contributed by atoms with Crippen LogP contribution in [-0.4, -0.2) is 48.5 Å². The van der Waals surface area contributed by atoms with Crippen molar-refractivity contribution >= 4 is 17.9 Å². The molecule has 2 heterocycles. The number of fused-ring (bicyclic) bond motifs is 1. The minimum absolute atomic E-state index is 0.00883. The number of pyridine rings is 1. The van der Waals surface area contributed by atoms with Gasteiger partial charge in [-0.15, -0.1) is 0 Å². The number of carbonyl (C=O) groups is 2. The van der Waals surface area contributed by atoms with Gasteiger partial charge >= 0.3 is 0 Å². The lowest BCUT2D eigenvalue weighted by Gasteiger charge is -2.34. The zero-order valence-electron chi connectivity index (χ0n) is 15.0. The van der Waals surface area contributed by atoms with E-state index in [4.69, 9.17) is 0 Å². The molecule has 2 aromatic rings. The average molecular weight is 359 g/mol. The molecule has 1 aliphatic heterocycles. The van der Waals surface area contributed by atoms with E-state index in [0.29, 0.717) is 17.7 Å². The number of amides is 1. The molecule has 3 rings (SSSR count). The van der Waals surface area contributed by atoms with Gasteiger partial charge in [-0.25, -0.2) is 9.37 Å². The minimum atomic E-state index is -0.328. The van der Waals surface area contributed by atoms with Crippen LogP contribution in [0.3, 0.4) is 0 Å². The number of halogens is 1. The highest BCUT2D eigenvalue weighted by atomic mass is 19.1. The first-order valence-corrected chi connectivity index (χ1v) is 8.28. The molecule has 6 nitrogen and oxygen atoms in total. The molecular weight excluding hydrogens is 337 g/mol. The fraction of sp³-hybridized carbons (Fsp3) is 0.316. The van der Waals surface area contributed by atoms with E-state index in [9.17, 15) is 14.0 Å². The van der Waals surface area contributed by atoms with Crippen LogP contribution in [-0.2, 0) is 9.53 Å². The third-order valence-corrected chi connectivity index (χ3v) is 3.89. The summed E-state index contributed by atoms with van der Waals surface area (Å²) in [6.45, 7) is 4.59. The van der Waals surface area contributed by atoms with Crippen LogP contribution in [0.15, 0.2) is 36.4 Å². The maximum absolute atomic E-state index is 13.0. The monoisotopic (exact) mass is 359 g/mol. The van der Waals surface area contributed by atoms with Crippen molar-refractivity contribution in [2.75, 3.05) is 25.6 Å². The lowest BCUT2D eigenvalue weighted by atomic mass is 10.1. The smallest absolute Gasteiger partial charge is 0.276 e. The number of hydrogen-bond acceptors (Lipinski definition) is 5. The number of anilines is 1. The van der Waals surface area contributed by atoms with Crippen molar-refractivity contribution in [1.29, 1.82) is 0 Å². The zero-order chi connectivity index (χ0) is 19.1. The average Bonchev–Trinajstić information content (AvgIpc) is 2.66. The van der Waals surface area contributed by atoms with E-state index in [0.717, 1.165) is 12.2 Å². The largest absolute Gasteiger partial charge is 0.385 e. The van der Waals surface area contributed by atoms with Crippen molar-refractivity contribution in [3.05, 3.63) is 47.9 Å². The lowest BCUT2D eigenvalue weighted by Crippen LogP contribution is -2.48. The Morgan fingerprint density at radius 2 is 1.92 bits per heavy atom. The van der Waals surface area contributed by atoms with Gasteiger partial charge in [0, 0.05) is 19.3 Å². The van der Waals surface area contributed by atoms with Crippen molar-refractivity contribution in [1.82, 2.24) is 9.88 Å². The zero-order valence-corrected chi connectivity index (χ0v) is 15.0. The van der Waals surface area contributed by atoms with Gasteiger partial charge in [-0.1, -0.05) is 0 Å². The summed E-state index contributed by atoms with van der Waals surface area (Å²) in [5, 5.41) is 3.14. The summed E-state index contributed by atoms with van der Waals surface area (Å²) in [6, 6.07) is 9.45. The SMILES string of the molecule is CC1Nc2ccc(-c3ccc(F)cc3)nc2C(=O)N1CC=O.CCOC. The van der Waals surface area contributed by atoms with Crippen molar-refractivity contribution in [3.8, 4) is 11.3 Å². The summed E-state index contributed by atoms with van der Waals surface area (Å²) < 4.78 is 17.5. The molecule has 1 N–H and O–H groups in total. The highest BCUT2D eigenvalue weighted by Gasteiger charge is 2.30. The Morgan fingerprint density at radius 3 is 2.50 bits per heavy atom. The van der Waals surface area contributed by atoms with Gasteiger partial charge in [0.15, 0.2) is 5.69 Å². The molecular formula is C19H22FN3O3. The number of nitrogens with zero attached hydrogens (tertiary/aromatic N) is 2. The van der Waals surface area contributed by atoms with Crippen molar-refractivity contribution < 1.29 is 18.7 Å². The normalized spacial score (nSPS) is 15.5. The molecule has 138 valence electrons. The molecule has 0 bridgehead atoms. The van der Waals surface area contributed by atoms with E-state index < -0.39 is 0 Å². The highest BCUT2D eigenvalue weighted by molar-refractivity contribution is 6.01. The third-order valence-electron chi connectivity index (χ3n) is 3.89. The van der Waals surface area contributed by atoms with Crippen LogP contribution in [0.25, 0.3) is 11.3 Å². The van der Waals surface area contributed by atoms with E-state index in [2.05, 4.69) is 15.0 Å². The summed E-state index contributed by atoms with van der Waals surface area (Å²) in [5.41, 5.74) is 2.19. The van der Waals surface area contributed by atoms with E-state index in [1.807, 2.05) is 6.92 Å². The molecule has 1 unspecified atom stereocenters. The number of aldehydes is 1. The Bertz CT molecular complexity index is 763. The second-order valence-electron chi connectivity index (χ2n) is 5.62. The van der Waals surface area contributed by atoms with Crippen LogP contribution in [0.2, 0.25) is 0 Å². The number of methoxy groups -OCH3 is 1. The summed E-state index contributed by atoms with van der Waals surface area (Å²) in [5.74, 6) is -0.622. The number of hydrogen-bond donors (Lipinski definition) is 1. The van der Waals surface area contributed by atoms with Gasteiger partial charge < -0.3 is 19.7 Å². The summed E-state index contributed by atoms with van der Waals surface area (Å²) in [6.07, 6.45) is 0.411. The second kappa shape index (κ2) is 9.05. The Balaban J connectivity index is 0.000000552. The van der Waals surface area contributed by atoms with Gasteiger partial charge in [-0.05, 0) is 50.2 Å². The standard InChI is InChI=1S/C16H14FN3O2.C3H8O/c1-10-18-14-7-6-13(11-2-4-12(17)5-3-11)19-15(14)16(22)20(10)8-9-21;1-3-4-2/h2-7,9-10,18H,8H2,1H3;3H2,1-2H3. The fourth-order valence-electron chi connectivity index (χ4n) is 2.46. The number of carbonyl (C=O) groups excluding carboxylic acids is 2. The number of rotatable bonds is 4. The molecule has 0 fully saturated rings. The van der Waals surface area contributed by atoms with E-state index >= 15 is 0 Å². The lowest BCUT2D eigenvalue weighted by molar-refractivity contribution is -0.108. The number of ether oxygens (including phenoxy) is 1. The predicted molar refractivity (Wildman–Crippen MR) is 97.4 cm³/mol. The molecule has 0 spiro atoms. The Kier molecular flexibility index (Phi) is 6.80. The van der Waals surface area contributed by atoms with Crippen molar-refractivity contribution in [2.45, 2.75) is 20.0 Å². The van der Waals surface area contributed by atoms with Gasteiger partial charge in [-0.2, -0.15) is 0 Å². The van der Waals surface area contributed by atoms with E-state index in [1.165, 1.54) is 17.0 Å². The molecule has 0 radical (unpaired) electrons. The Labute approximate surface area is 152 Å². The van der Waals surface area contributed by atoms with Crippen LogP contribution in [0.4, 0.5) is 10.1 Å². The van der Waals surface area contributed by atoms with Gasteiger partial charge in [0.25, 0.3) is 5.91 Å². The summed E-state index contributed by atoms with van der Waals surface area (Å²) in [4.78, 5) is 29.0. The topological polar surface area (TPSA) is 71.5 Å². The predicted octanol–water partition coefficient (Wildman–Crippen LogP) is 2.95. The van der Waals surface area contributed by atoms with Crippen LogP contribution in [0.1, 0.15) is 24.3 Å². The molecule has 0 saturated heterocycles. The van der Waals surface area contributed by atoms with Crippen LogP contribution in [0, 0.1) is 5.82 Å². The van der Waals surface area contributed by atoms with Gasteiger partial charge in [0.1, 0.15) is 12.1 Å². The molecule has 1 aromatic heterocycles. The quantitative estimate of drug-likeness (QED) is 0.850. The number of benzene rings is 1. The Morgan fingerprint density at radius 1 is 1.27 bits per heavy atom. The summed E-state index contributed by atoms with van der Waals surface area (Å²) in [7, 11) is 1.68. The molecule has 0 aliphatic carbocycles. The molecule has 1 aromatic carbocycles. The highest BCUT2D eigenvalue weighted by Crippen LogP contribution is 2.27. The second-order valence-corrected chi connectivity index (χ2v) is 5.62. The van der Waals surface area contributed by atoms with Crippen molar-refractivity contribution in [2.24, 2.45) is 0 Å². The Hall–Kier alpha value is -2.80. The van der Waals surface area contributed by atoms with E-state index in [-0.39, 0.29) is 30.1 Å². The van der Waals surface area contributed by atoms with E-state index in [1.54, 1.807) is 38.3 Å². The number of nitrogens with one attached hydrogen (secondary N) is 1.